The highest BCUT2D eigenvalue weighted by atomic mass is 16.5. The quantitative estimate of drug-likeness (QED) is 0.181. The number of carbonyl (C=O) groups is 4. The molecule has 172 valence electrons. The second-order valence-electron chi connectivity index (χ2n) is 7.52. The molecule has 1 aromatic rings. The van der Waals surface area contributed by atoms with Gasteiger partial charge in [0.15, 0.2) is 6.17 Å². The molecule has 0 aliphatic carbocycles. The Balaban J connectivity index is 1.58. The summed E-state index contributed by atoms with van der Waals surface area (Å²) in [6, 6.07) is 1.82. The van der Waals surface area contributed by atoms with Crippen molar-refractivity contribution in [3.63, 3.8) is 0 Å². The first-order valence-corrected chi connectivity index (χ1v) is 9.79. The van der Waals surface area contributed by atoms with E-state index in [0.717, 1.165) is 0 Å². The Morgan fingerprint density at radius 3 is 2.56 bits per heavy atom. The third kappa shape index (κ3) is 5.10. The van der Waals surface area contributed by atoms with Crippen LogP contribution in [0.5, 0.6) is 11.5 Å². The van der Waals surface area contributed by atoms with Gasteiger partial charge in [-0.2, -0.15) is 0 Å². The summed E-state index contributed by atoms with van der Waals surface area (Å²) in [5, 5.41) is 30.1. The molecule has 0 bridgehead atoms. The van der Waals surface area contributed by atoms with Crippen LogP contribution in [0.25, 0.3) is 0 Å². The maximum atomic E-state index is 12.3. The third-order valence-electron chi connectivity index (χ3n) is 5.08. The molecule has 0 unspecified atom stereocenters. The Morgan fingerprint density at radius 2 is 1.94 bits per heavy atom. The fraction of sp³-hybridized carbons (Fsp3) is 0.444. The third-order valence-corrected chi connectivity index (χ3v) is 5.08. The number of benzene rings is 1. The lowest BCUT2D eigenvalue weighted by Gasteiger charge is -2.40. The van der Waals surface area contributed by atoms with Crippen molar-refractivity contribution in [1.82, 2.24) is 10.2 Å². The van der Waals surface area contributed by atoms with Crippen molar-refractivity contribution >= 4 is 30.9 Å². The van der Waals surface area contributed by atoms with Crippen LogP contribution < -0.4 is 26.2 Å². The number of nitrogens with one attached hydrogen (secondary N) is 1. The average Bonchev–Trinajstić information content (AvgIpc) is 2.68. The number of nitrogens with two attached hydrogens (primary N) is 2. The van der Waals surface area contributed by atoms with Crippen LogP contribution in [0.15, 0.2) is 12.1 Å². The zero-order chi connectivity index (χ0) is 23.6. The molecular weight excluding hydrogens is 427 g/mol. The molecular formula is C18H23BN4O9. The molecule has 2 aliphatic rings. The Bertz CT molecular complexity index is 937. The summed E-state index contributed by atoms with van der Waals surface area (Å²) in [5.41, 5.74) is 11.5. The van der Waals surface area contributed by atoms with Gasteiger partial charge in [0.1, 0.15) is 23.2 Å². The number of aryl methyl sites for hydroxylation is 1. The van der Waals surface area contributed by atoms with Crippen LogP contribution in [-0.4, -0.2) is 82.4 Å². The lowest BCUT2D eigenvalue weighted by atomic mass is 9.78. The highest BCUT2D eigenvalue weighted by Gasteiger charge is 2.37. The molecule has 0 radical (unpaired) electrons. The Kier molecular flexibility index (Phi) is 6.86. The van der Waals surface area contributed by atoms with E-state index in [2.05, 4.69) is 5.32 Å². The lowest BCUT2D eigenvalue weighted by molar-refractivity contribution is -0.144. The fourth-order valence-corrected chi connectivity index (χ4v) is 3.39. The van der Waals surface area contributed by atoms with Crippen molar-refractivity contribution in [3.05, 3.63) is 23.3 Å². The minimum absolute atomic E-state index is 0.0414. The molecule has 0 spiro atoms. The van der Waals surface area contributed by atoms with E-state index in [4.69, 9.17) is 26.0 Å². The predicted octanol–water partition coefficient (Wildman–Crippen LogP) is -2.41. The molecule has 8 N–H and O–H groups in total. The van der Waals surface area contributed by atoms with Gasteiger partial charge >= 0.3 is 19.1 Å². The van der Waals surface area contributed by atoms with E-state index in [0.29, 0.717) is 18.3 Å². The number of carboxylic acids is 2. The van der Waals surface area contributed by atoms with Crippen molar-refractivity contribution in [1.29, 1.82) is 0 Å². The smallest absolute Gasteiger partial charge is 0.522 e. The number of amides is 2. The highest BCUT2D eigenvalue weighted by molar-refractivity contribution is 6.44. The standard InChI is InChI=1S/C18H23BN4O9/c20-10(5-12(24)25)16(26)22-15(21)17(27)23-6-9(7-23)31-11-2-1-8-3-4-19(30)32-14(8)13(11)18(28)29/h1-2,9-10,15,30H,3-7,20-21H2,(H,22,26)(H,24,25)(H,28,29)/t10-,15+/m1/s1. The van der Waals surface area contributed by atoms with Gasteiger partial charge in [0, 0.05) is 0 Å². The van der Waals surface area contributed by atoms with Gasteiger partial charge in [0.05, 0.1) is 25.6 Å². The number of aliphatic carboxylic acids is 1. The number of hydrogen-bond acceptors (Lipinski definition) is 9. The number of aromatic carboxylic acids is 1. The number of fused-ring (bicyclic) bond motifs is 1. The number of nitrogens with zero attached hydrogens (tertiary/aromatic N) is 1. The van der Waals surface area contributed by atoms with Crippen molar-refractivity contribution < 1.29 is 43.8 Å². The van der Waals surface area contributed by atoms with E-state index >= 15 is 0 Å². The molecule has 1 fully saturated rings. The van der Waals surface area contributed by atoms with Crippen molar-refractivity contribution in [2.45, 2.75) is 37.5 Å². The van der Waals surface area contributed by atoms with Crippen LogP contribution in [0.2, 0.25) is 6.32 Å². The maximum Gasteiger partial charge on any atom is 0.522 e. The predicted molar refractivity (Wildman–Crippen MR) is 108 cm³/mol. The number of hydrogen-bond donors (Lipinski definition) is 6. The molecule has 3 rings (SSSR count). The monoisotopic (exact) mass is 450 g/mol. The van der Waals surface area contributed by atoms with E-state index in [1.54, 1.807) is 6.07 Å². The highest BCUT2D eigenvalue weighted by Crippen LogP contribution is 2.37. The summed E-state index contributed by atoms with van der Waals surface area (Å²) in [7, 11) is -1.10. The van der Waals surface area contributed by atoms with Gasteiger partial charge < -0.3 is 46.3 Å². The van der Waals surface area contributed by atoms with Crippen LogP contribution in [0.4, 0.5) is 0 Å². The summed E-state index contributed by atoms with van der Waals surface area (Å²) in [6.45, 7) is 0.173. The molecule has 1 aromatic carbocycles. The zero-order valence-electron chi connectivity index (χ0n) is 16.9. The molecule has 2 amide bonds. The van der Waals surface area contributed by atoms with Gasteiger partial charge in [-0.3, -0.25) is 14.4 Å². The van der Waals surface area contributed by atoms with Crippen molar-refractivity contribution in [2.24, 2.45) is 11.5 Å². The SMILES string of the molecule is N[C@H](CC(=O)O)C(=O)N[C@H](N)C(=O)N1CC(Oc2ccc3c(c2C(=O)O)OB(O)CC3)C1. The number of carboxylic acid groups (broad SMARTS) is 2. The van der Waals surface area contributed by atoms with Crippen molar-refractivity contribution in [2.75, 3.05) is 13.1 Å². The molecule has 2 atom stereocenters. The van der Waals surface area contributed by atoms with E-state index < -0.39 is 55.6 Å². The second-order valence-corrected chi connectivity index (χ2v) is 7.52. The molecule has 32 heavy (non-hydrogen) atoms. The van der Waals surface area contributed by atoms with Crippen LogP contribution >= 0.6 is 0 Å². The Morgan fingerprint density at radius 1 is 1.25 bits per heavy atom. The van der Waals surface area contributed by atoms with Gasteiger partial charge in [-0.15, -0.1) is 0 Å². The number of ether oxygens (including phenoxy) is 1. The van der Waals surface area contributed by atoms with Crippen LogP contribution in [-0.2, 0) is 20.8 Å². The van der Waals surface area contributed by atoms with Crippen LogP contribution in [0.1, 0.15) is 22.3 Å². The van der Waals surface area contributed by atoms with E-state index in [9.17, 15) is 29.3 Å². The number of rotatable bonds is 8. The number of carbonyl (C=O) groups excluding carboxylic acids is 2. The summed E-state index contributed by atoms with van der Waals surface area (Å²) >= 11 is 0. The topological polar surface area (TPSA) is 215 Å². The first kappa shape index (κ1) is 23.3. The number of likely N-dealkylation sites (tertiary alicyclic amines) is 1. The summed E-state index contributed by atoms with van der Waals surface area (Å²) in [4.78, 5) is 47.8. The van der Waals surface area contributed by atoms with Crippen LogP contribution in [0, 0.1) is 0 Å². The second kappa shape index (κ2) is 9.42. The molecule has 1 saturated heterocycles. The molecule has 14 heteroatoms. The zero-order valence-corrected chi connectivity index (χ0v) is 16.9. The molecule has 0 aromatic heterocycles. The Labute approximate surface area is 182 Å². The van der Waals surface area contributed by atoms with Gasteiger partial charge in [-0.1, -0.05) is 6.07 Å². The average molecular weight is 450 g/mol. The normalized spacial score (nSPS) is 17.3. The Hall–Kier alpha value is -3.36. The summed E-state index contributed by atoms with van der Waals surface area (Å²) in [6.07, 6.45) is -1.75. The minimum atomic E-state index is -1.42. The lowest BCUT2D eigenvalue weighted by Crippen LogP contribution is -2.64. The fourth-order valence-electron chi connectivity index (χ4n) is 3.39. The van der Waals surface area contributed by atoms with Gasteiger partial charge in [-0.25, -0.2) is 4.79 Å². The first-order valence-electron chi connectivity index (χ1n) is 9.79. The summed E-state index contributed by atoms with van der Waals surface area (Å²) < 4.78 is 11.0. The summed E-state index contributed by atoms with van der Waals surface area (Å²) in [5.74, 6) is -3.94. The van der Waals surface area contributed by atoms with Gasteiger partial charge in [0.25, 0.3) is 5.91 Å². The molecule has 13 nitrogen and oxygen atoms in total. The first-order chi connectivity index (χ1) is 15.1. The van der Waals surface area contributed by atoms with E-state index in [1.165, 1.54) is 11.0 Å². The molecule has 0 saturated carbocycles. The molecule has 2 heterocycles. The van der Waals surface area contributed by atoms with Gasteiger partial charge in [-0.05, 0) is 24.4 Å². The van der Waals surface area contributed by atoms with Gasteiger partial charge in [0.2, 0.25) is 5.91 Å². The van der Waals surface area contributed by atoms with E-state index in [-0.39, 0.29) is 30.2 Å². The molecule has 2 aliphatic heterocycles. The minimum Gasteiger partial charge on any atom is -0.535 e. The van der Waals surface area contributed by atoms with E-state index in [1.807, 2.05) is 0 Å². The largest absolute Gasteiger partial charge is 0.535 e. The maximum absolute atomic E-state index is 12.3. The van der Waals surface area contributed by atoms with Crippen molar-refractivity contribution in [3.8, 4) is 11.5 Å². The van der Waals surface area contributed by atoms with Crippen LogP contribution in [0.3, 0.4) is 0 Å².